The highest BCUT2D eigenvalue weighted by atomic mass is 32.2. The van der Waals surface area contributed by atoms with Crippen molar-refractivity contribution in [1.29, 1.82) is 0 Å². The van der Waals surface area contributed by atoms with E-state index in [9.17, 15) is 9.59 Å². The lowest BCUT2D eigenvalue weighted by atomic mass is 10.0. The van der Waals surface area contributed by atoms with E-state index in [4.69, 9.17) is 4.74 Å². The van der Waals surface area contributed by atoms with Gasteiger partial charge in [0.25, 0.3) is 0 Å². The molecule has 0 aliphatic carbocycles. The lowest BCUT2D eigenvalue weighted by Gasteiger charge is -2.09. The number of ether oxygens (including phenoxy) is 1. The third kappa shape index (κ3) is 5.02. The number of anilines is 1. The first-order chi connectivity index (χ1) is 16.5. The standard InChI is InChI=1S/C24H23N5O3S2/c1-4-29-21(17-9-11-25-12-10-17)27-28-24(29)34-14-19(30)26-22-20(23(31)32-3)18(13-33-22)16-7-5-15(2)6-8-16/h5-13H,4,14H2,1-3H3,(H,26,30). The molecule has 0 atom stereocenters. The minimum atomic E-state index is -0.493. The number of nitrogens with one attached hydrogen (secondary N) is 1. The number of benzene rings is 1. The van der Waals surface area contributed by atoms with Crippen LogP contribution in [0.2, 0.25) is 0 Å². The van der Waals surface area contributed by atoms with Crippen LogP contribution in [-0.4, -0.2) is 44.5 Å². The van der Waals surface area contributed by atoms with E-state index >= 15 is 0 Å². The number of methoxy groups -OCH3 is 1. The van der Waals surface area contributed by atoms with Crippen LogP contribution in [0, 0.1) is 6.92 Å². The molecule has 174 valence electrons. The van der Waals surface area contributed by atoms with E-state index in [0.717, 1.165) is 28.1 Å². The summed E-state index contributed by atoms with van der Waals surface area (Å²) in [4.78, 5) is 29.3. The summed E-state index contributed by atoms with van der Waals surface area (Å²) in [5.74, 6) is 0.102. The summed E-state index contributed by atoms with van der Waals surface area (Å²) >= 11 is 2.59. The highest BCUT2D eigenvalue weighted by Gasteiger charge is 2.23. The predicted molar refractivity (Wildman–Crippen MR) is 134 cm³/mol. The summed E-state index contributed by atoms with van der Waals surface area (Å²) in [6.07, 6.45) is 3.41. The van der Waals surface area contributed by atoms with Gasteiger partial charge in [0.05, 0.1) is 12.9 Å². The Morgan fingerprint density at radius 3 is 2.50 bits per heavy atom. The average Bonchev–Trinajstić information content (AvgIpc) is 3.47. The van der Waals surface area contributed by atoms with Gasteiger partial charge >= 0.3 is 5.97 Å². The van der Waals surface area contributed by atoms with Gasteiger partial charge in [0.1, 0.15) is 10.6 Å². The van der Waals surface area contributed by atoms with Crippen LogP contribution in [0.3, 0.4) is 0 Å². The summed E-state index contributed by atoms with van der Waals surface area (Å²) in [5.41, 5.74) is 4.00. The Balaban J connectivity index is 1.50. The number of aryl methyl sites for hydroxylation is 1. The number of thiophene rings is 1. The predicted octanol–water partition coefficient (Wildman–Crippen LogP) is 4.91. The number of carbonyl (C=O) groups is 2. The van der Waals surface area contributed by atoms with E-state index in [0.29, 0.717) is 22.3 Å². The highest BCUT2D eigenvalue weighted by Crippen LogP contribution is 2.36. The smallest absolute Gasteiger partial charge is 0.341 e. The molecule has 4 rings (SSSR count). The van der Waals surface area contributed by atoms with Crippen molar-refractivity contribution in [2.45, 2.75) is 25.5 Å². The highest BCUT2D eigenvalue weighted by molar-refractivity contribution is 7.99. The molecule has 8 nitrogen and oxygen atoms in total. The number of nitrogens with zero attached hydrogens (tertiary/aromatic N) is 4. The zero-order valence-corrected chi connectivity index (χ0v) is 20.6. The maximum Gasteiger partial charge on any atom is 0.341 e. The molecule has 4 aromatic rings. The van der Waals surface area contributed by atoms with Gasteiger partial charge in [0.2, 0.25) is 5.91 Å². The minimum Gasteiger partial charge on any atom is -0.465 e. The molecule has 0 saturated heterocycles. The van der Waals surface area contributed by atoms with Gasteiger partial charge < -0.3 is 14.6 Å². The SMILES string of the molecule is CCn1c(SCC(=O)Nc2scc(-c3ccc(C)cc3)c2C(=O)OC)nnc1-c1ccncc1. The van der Waals surface area contributed by atoms with Crippen LogP contribution in [0.15, 0.2) is 59.3 Å². The second-order valence-corrected chi connectivity index (χ2v) is 9.16. The number of amides is 1. The van der Waals surface area contributed by atoms with Gasteiger partial charge in [-0.3, -0.25) is 9.78 Å². The summed E-state index contributed by atoms with van der Waals surface area (Å²) in [6.45, 7) is 4.66. The average molecular weight is 494 g/mol. The van der Waals surface area contributed by atoms with Gasteiger partial charge in [-0.15, -0.1) is 21.5 Å². The summed E-state index contributed by atoms with van der Waals surface area (Å²) in [7, 11) is 1.33. The Labute approximate surface area is 205 Å². The fourth-order valence-corrected chi connectivity index (χ4v) is 5.16. The zero-order valence-electron chi connectivity index (χ0n) is 18.9. The third-order valence-electron chi connectivity index (χ3n) is 5.10. The minimum absolute atomic E-state index is 0.118. The number of pyridine rings is 1. The topological polar surface area (TPSA) is 99.0 Å². The molecule has 0 aliphatic rings. The first-order valence-electron chi connectivity index (χ1n) is 10.5. The summed E-state index contributed by atoms with van der Waals surface area (Å²) in [6, 6.07) is 11.6. The number of aromatic nitrogens is 4. The summed E-state index contributed by atoms with van der Waals surface area (Å²) < 4.78 is 6.94. The first kappa shape index (κ1) is 23.7. The lowest BCUT2D eigenvalue weighted by molar-refractivity contribution is -0.113. The fraction of sp³-hybridized carbons (Fsp3) is 0.208. The van der Waals surface area contributed by atoms with E-state index in [-0.39, 0.29) is 11.7 Å². The van der Waals surface area contributed by atoms with Crippen LogP contribution in [0.25, 0.3) is 22.5 Å². The molecule has 3 aromatic heterocycles. The van der Waals surface area contributed by atoms with Gasteiger partial charge in [-0.05, 0) is 31.5 Å². The number of esters is 1. The van der Waals surface area contributed by atoms with E-state index < -0.39 is 5.97 Å². The number of hydrogen-bond acceptors (Lipinski definition) is 8. The molecule has 3 heterocycles. The van der Waals surface area contributed by atoms with Crippen molar-refractivity contribution in [2.75, 3.05) is 18.2 Å². The molecule has 1 amide bonds. The van der Waals surface area contributed by atoms with Gasteiger partial charge in [0.15, 0.2) is 11.0 Å². The Morgan fingerprint density at radius 1 is 1.09 bits per heavy atom. The van der Waals surface area contributed by atoms with E-state index in [2.05, 4.69) is 20.5 Å². The van der Waals surface area contributed by atoms with E-state index in [1.165, 1.54) is 30.2 Å². The Bertz CT molecular complexity index is 1300. The zero-order chi connectivity index (χ0) is 24.1. The van der Waals surface area contributed by atoms with Crippen molar-refractivity contribution in [1.82, 2.24) is 19.7 Å². The normalized spacial score (nSPS) is 10.8. The number of thioether (sulfide) groups is 1. The van der Waals surface area contributed by atoms with Crippen LogP contribution in [0.5, 0.6) is 0 Å². The van der Waals surface area contributed by atoms with Crippen molar-refractivity contribution in [3.05, 3.63) is 65.3 Å². The van der Waals surface area contributed by atoms with Gasteiger partial charge in [-0.25, -0.2) is 4.79 Å². The Hall–Kier alpha value is -3.50. The van der Waals surface area contributed by atoms with Crippen LogP contribution >= 0.6 is 23.1 Å². The third-order valence-corrected chi connectivity index (χ3v) is 6.96. The Morgan fingerprint density at radius 2 is 1.82 bits per heavy atom. The van der Waals surface area contributed by atoms with Crippen molar-refractivity contribution in [3.8, 4) is 22.5 Å². The van der Waals surface area contributed by atoms with Crippen LogP contribution in [0.1, 0.15) is 22.8 Å². The first-order valence-corrected chi connectivity index (χ1v) is 12.4. The Kier molecular flexibility index (Phi) is 7.39. The molecular formula is C24H23N5O3S2. The quantitative estimate of drug-likeness (QED) is 0.275. The van der Waals surface area contributed by atoms with Gasteiger partial charge in [-0.1, -0.05) is 41.6 Å². The van der Waals surface area contributed by atoms with Gasteiger partial charge in [0, 0.05) is 35.4 Å². The monoisotopic (exact) mass is 493 g/mol. The molecule has 0 unspecified atom stereocenters. The van der Waals surface area contributed by atoms with Crippen LogP contribution < -0.4 is 5.32 Å². The molecule has 10 heteroatoms. The summed E-state index contributed by atoms with van der Waals surface area (Å²) in [5, 5.41) is 14.4. The largest absolute Gasteiger partial charge is 0.465 e. The molecule has 34 heavy (non-hydrogen) atoms. The number of rotatable bonds is 8. The second-order valence-electron chi connectivity index (χ2n) is 7.33. The van der Waals surface area contributed by atoms with Crippen molar-refractivity contribution >= 4 is 40.0 Å². The van der Waals surface area contributed by atoms with Crippen molar-refractivity contribution in [2.24, 2.45) is 0 Å². The molecular weight excluding hydrogens is 470 g/mol. The van der Waals surface area contributed by atoms with Crippen molar-refractivity contribution < 1.29 is 14.3 Å². The maximum absolute atomic E-state index is 12.8. The molecule has 0 fully saturated rings. The molecule has 0 aliphatic heterocycles. The molecule has 1 aromatic carbocycles. The molecule has 1 N–H and O–H groups in total. The van der Waals surface area contributed by atoms with Crippen molar-refractivity contribution in [3.63, 3.8) is 0 Å². The lowest BCUT2D eigenvalue weighted by Crippen LogP contribution is -2.16. The maximum atomic E-state index is 12.8. The molecule has 0 spiro atoms. The van der Waals surface area contributed by atoms with Crippen LogP contribution in [0.4, 0.5) is 5.00 Å². The molecule has 0 bridgehead atoms. The number of carbonyl (C=O) groups excluding carboxylic acids is 2. The van der Waals surface area contributed by atoms with E-state index in [1.54, 1.807) is 12.4 Å². The molecule has 0 radical (unpaired) electrons. The second kappa shape index (κ2) is 10.6. The fourth-order valence-electron chi connectivity index (χ4n) is 3.39. The molecule has 0 saturated carbocycles. The van der Waals surface area contributed by atoms with E-state index in [1.807, 2.05) is 60.2 Å². The van der Waals surface area contributed by atoms with Crippen LogP contribution in [-0.2, 0) is 16.1 Å². The van der Waals surface area contributed by atoms with Gasteiger partial charge in [-0.2, -0.15) is 0 Å². The number of hydrogen-bond donors (Lipinski definition) is 1.